The Bertz CT molecular complexity index is 330. The lowest BCUT2D eigenvalue weighted by Gasteiger charge is -2.12. The van der Waals surface area contributed by atoms with E-state index in [-0.39, 0.29) is 16.7 Å². The summed E-state index contributed by atoms with van der Waals surface area (Å²) in [5, 5.41) is 9.31. The zero-order valence-corrected chi connectivity index (χ0v) is 8.68. The Kier molecular flexibility index (Phi) is 3.72. The van der Waals surface area contributed by atoms with Gasteiger partial charge in [-0.05, 0) is 30.5 Å². The Morgan fingerprint density at radius 2 is 2.21 bits per heavy atom. The molecule has 0 saturated heterocycles. The molecular weight excluding hydrogens is 205 g/mol. The van der Waals surface area contributed by atoms with Crippen LogP contribution in [0.25, 0.3) is 0 Å². The van der Waals surface area contributed by atoms with Gasteiger partial charge in [0.25, 0.3) is 0 Å². The molecule has 0 aliphatic heterocycles. The topological polar surface area (TPSA) is 46.2 Å². The van der Waals surface area contributed by atoms with Gasteiger partial charge in [-0.15, -0.1) is 0 Å². The molecule has 2 nitrogen and oxygen atoms in total. The standard InChI is InChI=1S/C10H13ClFNO/c1-6(2-3-13)7-4-8(11)10(14)5-9(7)12/h4-6,14H,2-3,13H2,1H3. The van der Waals surface area contributed by atoms with Crippen LogP contribution < -0.4 is 5.73 Å². The minimum absolute atomic E-state index is 0.0121. The molecule has 0 bridgehead atoms. The van der Waals surface area contributed by atoms with E-state index in [1.807, 2.05) is 6.92 Å². The number of halogens is 2. The molecule has 0 radical (unpaired) electrons. The van der Waals surface area contributed by atoms with Gasteiger partial charge in [0.05, 0.1) is 5.02 Å². The number of phenols is 1. The summed E-state index contributed by atoms with van der Waals surface area (Å²) >= 11 is 5.68. The molecule has 14 heavy (non-hydrogen) atoms. The first-order valence-electron chi connectivity index (χ1n) is 4.44. The van der Waals surface area contributed by atoms with E-state index in [9.17, 15) is 4.39 Å². The van der Waals surface area contributed by atoms with Gasteiger partial charge in [-0.2, -0.15) is 0 Å². The predicted octanol–water partition coefficient (Wildman–Crippen LogP) is 2.64. The average Bonchev–Trinajstić information content (AvgIpc) is 2.11. The molecule has 1 aromatic carbocycles. The number of benzene rings is 1. The van der Waals surface area contributed by atoms with Gasteiger partial charge in [0.15, 0.2) is 0 Å². The highest BCUT2D eigenvalue weighted by Crippen LogP contribution is 2.31. The van der Waals surface area contributed by atoms with Crippen molar-refractivity contribution in [1.82, 2.24) is 0 Å². The lowest BCUT2D eigenvalue weighted by molar-refractivity contribution is 0.466. The average molecular weight is 218 g/mol. The molecule has 0 spiro atoms. The van der Waals surface area contributed by atoms with Gasteiger partial charge in [0, 0.05) is 6.07 Å². The molecule has 0 heterocycles. The molecular formula is C10H13ClFNO. The van der Waals surface area contributed by atoms with Crippen LogP contribution in [0, 0.1) is 5.82 Å². The smallest absolute Gasteiger partial charge is 0.137 e. The normalized spacial score (nSPS) is 12.9. The van der Waals surface area contributed by atoms with E-state index in [2.05, 4.69) is 0 Å². The second-order valence-corrected chi connectivity index (χ2v) is 3.71. The summed E-state index contributed by atoms with van der Waals surface area (Å²) in [6.07, 6.45) is 0.692. The SMILES string of the molecule is CC(CCN)c1cc(Cl)c(O)cc1F. The molecule has 1 aromatic rings. The number of hydrogen-bond donors (Lipinski definition) is 2. The Morgan fingerprint density at radius 1 is 1.57 bits per heavy atom. The largest absolute Gasteiger partial charge is 0.506 e. The molecule has 1 rings (SSSR count). The molecule has 0 amide bonds. The van der Waals surface area contributed by atoms with E-state index in [4.69, 9.17) is 22.4 Å². The van der Waals surface area contributed by atoms with Crippen molar-refractivity contribution in [2.75, 3.05) is 6.54 Å². The van der Waals surface area contributed by atoms with E-state index < -0.39 is 5.82 Å². The zero-order chi connectivity index (χ0) is 10.7. The first-order chi connectivity index (χ1) is 6.56. The van der Waals surface area contributed by atoms with E-state index in [0.717, 1.165) is 6.07 Å². The lowest BCUT2D eigenvalue weighted by Crippen LogP contribution is -2.06. The monoisotopic (exact) mass is 217 g/mol. The summed E-state index contributed by atoms with van der Waals surface area (Å²) in [6, 6.07) is 2.48. The van der Waals surface area contributed by atoms with Crippen LogP contribution in [0.15, 0.2) is 12.1 Å². The van der Waals surface area contributed by atoms with Crippen LogP contribution in [-0.4, -0.2) is 11.7 Å². The van der Waals surface area contributed by atoms with Crippen LogP contribution in [0.5, 0.6) is 5.75 Å². The third-order valence-corrected chi connectivity index (χ3v) is 2.50. The third-order valence-electron chi connectivity index (χ3n) is 2.20. The summed E-state index contributed by atoms with van der Waals surface area (Å²) in [5.74, 6) is -0.654. The Morgan fingerprint density at radius 3 is 2.79 bits per heavy atom. The van der Waals surface area contributed by atoms with Crippen LogP contribution in [0.3, 0.4) is 0 Å². The quantitative estimate of drug-likeness (QED) is 0.818. The summed E-state index contributed by atoms with van der Waals surface area (Å²) < 4.78 is 13.3. The highest BCUT2D eigenvalue weighted by molar-refractivity contribution is 6.32. The molecule has 0 fully saturated rings. The van der Waals surface area contributed by atoms with Gasteiger partial charge >= 0.3 is 0 Å². The Hall–Kier alpha value is -0.800. The molecule has 0 aromatic heterocycles. The zero-order valence-electron chi connectivity index (χ0n) is 7.93. The van der Waals surface area contributed by atoms with Crippen molar-refractivity contribution < 1.29 is 9.50 Å². The summed E-state index contributed by atoms with van der Waals surface area (Å²) in [6.45, 7) is 2.37. The first kappa shape index (κ1) is 11.3. The van der Waals surface area contributed by atoms with Crippen molar-refractivity contribution in [1.29, 1.82) is 0 Å². The molecule has 0 saturated carbocycles. The van der Waals surface area contributed by atoms with Gasteiger partial charge < -0.3 is 10.8 Å². The van der Waals surface area contributed by atoms with Crippen molar-refractivity contribution in [2.24, 2.45) is 5.73 Å². The van der Waals surface area contributed by atoms with Crippen molar-refractivity contribution in [3.63, 3.8) is 0 Å². The Labute approximate surface area is 87.5 Å². The van der Waals surface area contributed by atoms with Gasteiger partial charge in [0.2, 0.25) is 0 Å². The molecule has 1 atom stereocenters. The summed E-state index contributed by atoms with van der Waals surface area (Å²) in [7, 11) is 0. The van der Waals surface area contributed by atoms with Crippen molar-refractivity contribution in [2.45, 2.75) is 19.3 Å². The van der Waals surface area contributed by atoms with Crippen molar-refractivity contribution in [3.05, 3.63) is 28.5 Å². The number of rotatable bonds is 3. The third kappa shape index (κ3) is 2.36. The maximum Gasteiger partial charge on any atom is 0.137 e. The fourth-order valence-corrected chi connectivity index (χ4v) is 1.51. The summed E-state index contributed by atoms with van der Waals surface area (Å²) in [5.41, 5.74) is 5.88. The number of nitrogens with two attached hydrogens (primary N) is 1. The van der Waals surface area contributed by atoms with Crippen LogP contribution in [0.4, 0.5) is 4.39 Å². The molecule has 1 unspecified atom stereocenters. The molecule has 78 valence electrons. The number of phenolic OH excluding ortho intramolecular Hbond substituents is 1. The molecule has 3 N–H and O–H groups in total. The van der Waals surface area contributed by atoms with Crippen molar-refractivity contribution in [3.8, 4) is 5.75 Å². The van der Waals surface area contributed by atoms with Crippen LogP contribution in [0.2, 0.25) is 5.02 Å². The van der Waals surface area contributed by atoms with Gasteiger partial charge in [-0.3, -0.25) is 0 Å². The van der Waals surface area contributed by atoms with E-state index >= 15 is 0 Å². The Balaban J connectivity index is 3.02. The second kappa shape index (κ2) is 4.62. The van der Waals surface area contributed by atoms with Gasteiger partial charge in [0.1, 0.15) is 11.6 Å². The molecule has 0 aliphatic rings. The summed E-state index contributed by atoms with van der Waals surface area (Å²) in [4.78, 5) is 0. The van der Waals surface area contributed by atoms with Gasteiger partial charge in [-0.25, -0.2) is 4.39 Å². The van der Waals surface area contributed by atoms with Crippen LogP contribution in [-0.2, 0) is 0 Å². The maximum atomic E-state index is 13.3. The van der Waals surface area contributed by atoms with Crippen LogP contribution in [0.1, 0.15) is 24.8 Å². The predicted molar refractivity (Wildman–Crippen MR) is 55.2 cm³/mol. The van der Waals surface area contributed by atoms with Crippen LogP contribution >= 0.6 is 11.6 Å². The fraction of sp³-hybridized carbons (Fsp3) is 0.400. The van der Waals surface area contributed by atoms with Gasteiger partial charge in [-0.1, -0.05) is 18.5 Å². The maximum absolute atomic E-state index is 13.3. The van der Waals surface area contributed by atoms with E-state index in [1.54, 1.807) is 0 Å². The first-order valence-corrected chi connectivity index (χ1v) is 4.82. The highest BCUT2D eigenvalue weighted by Gasteiger charge is 2.13. The van der Waals surface area contributed by atoms with Crippen molar-refractivity contribution >= 4 is 11.6 Å². The minimum atomic E-state index is -0.437. The minimum Gasteiger partial charge on any atom is -0.506 e. The van der Waals surface area contributed by atoms with E-state index in [0.29, 0.717) is 18.5 Å². The highest BCUT2D eigenvalue weighted by atomic mass is 35.5. The second-order valence-electron chi connectivity index (χ2n) is 3.30. The number of hydrogen-bond acceptors (Lipinski definition) is 2. The lowest BCUT2D eigenvalue weighted by atomic mass is 9.97. The molecule has 4 heteroatoms. The fourth-order valence-electron chi connectivity index (χ4n) is 1.33. The van der Waals surface area contributed by atoms with E-state index in [1.165, 1.54) is 6.07 Å². The molecule has 0 aliphatic carbocycles. The number of aromatic hydroxyl groups is 1.